The number of fused-ring (bicyclic) bond motifs is 1. The molecule has 0 aliphatic carbocycles. The van der Waals surface area contributed by atoms with Crippen molar-refractivity contribution in [3.63, 3.8) is 0 Å². The maximum atomic E-state index is 3.59. The van der Waals surface area contributed by atoms with E-state index in [0.717, 1.165) is 6.42 Å². The summed E-state index contributed by atoms with van der Waals surface area (Å²) in [4.78, 5) is 2.54. The first kappa shape index (κ1) is 15.0. The van der Waals surface area contributed by atoms with Crippen LogP contribution in [0.5, 0.6) is 0 Å². The van der Waals surface area contributed by atoms with Gasteiger partial charge in [0, 0.05) is 6.04 Å². The highest BCUT2D eigenvalue weighted by atomic mass is 15.3. The lowest BCUT2D eigenvalue weighted by atomic mass is 10.0. The maximum Gasteiger partial charge on any atom is 0.106 e. The van der Waals surface area contributed by atoms with Crippen molar-refractivity contribution in [2.75, 3.05) is 10.2 Å². The van der Waals surface area contributed by atoms with Crippen molar-refractivity contribution in [1.29, 1.82) is 0 Å². The van der Waals surface area contributed by atoms with Crippen molar-refractivity contribution in [2.24, 2.45) is 0 Å². The smallest absolute Gasteiger partial charge is 0.106 e. The van der Waals surface area contributed by atoms with Crippen molar-refractivity contribution >= 4 is 11.4 Å². The Labute approximate surface area is 123 Å². The molecule has 0 radical (unpaired) electrons. The summed E-state index contributed by atoms with van der Waals surface area (Å²) in [5, 5.41) is 3.59. The molecule has 1 aliphatic rings. The van der Waals surface area contributed by atoms with Crippen molar-refractivity contribution < 1.29 is 0 Å². The molecule has 0 amide bonds. The van der Waals surface area contributed by atoms with Crippen LogP contribution in [0.25, 0.3) is 0 Å². The number of rotatable bonds is 7. The van der Waals surface area contributed by atoms with E-state index in [2.05, 4.69) is 61.3 Å². The highest BCUT2D eigenvalue weighted by Crippen LogP contribution is 2.39. The molecule has 1 atom stereocenters. The zero-order valence-electron chi connectivity index (χ0n) is 13.2. The van der Waals surface area contributed by atoms with Crippen LogP contribution < -0.4 is 10.2 Å². The van der Waals surface area contributed by atoms with E-state index in [9.17, 15) is 0 Å². The molecule has 110 valence electrons. The number of allylic oxidation sites excluding steroid dienone is 1. The number of benzene rings is 1. The standard InChI is InChI=1S/C18H28N2/c1-4-7-12-15(10-5-2)20-17-14-9-8-13-16(17)19-18(20)11-6-3/h8-9,11,13-15,19H,4-7,10,12H2,1-3H3/b18-11+. The van der Waals surface area contributed by atoms with Crippen molar-refractivity contribution in [1.82, 2.24) is 0 Å². The van der Waals surface area contributed by atoms with Gasteiger partial charge in [0.25, 0.3) is 0 Å². The Hall–Kier alpha value is -1.44. The predicted octanol–water partition coefficient (Wildman–Crippen LogP) is 5.53. The number of nitrogens with zero attached hydrogens (tertiary/aromatic N) is 1. The number of hydrogen-bond donors (Lipinski definition) is 1. The first-order chi connectivity index (χ1) is 9.81. The highest BCUT2D eigenvalue weighted by Gasteiger charge is 2.28. The topological polar surface area (TPSA) is 15.3 Å². The van der Waals surface area contributed by atoms with Crippen LogP contribution in [0.4, 0.5) is 11.4 Å². The minimum absolute atomic E-state index is 0.619. The Kier molecular flexibility index (Phi) is 5.51. The van der Waals surface area contributed by atoms with Crippen LogP contribution in [0.2, 0.25) is 0 Å². The minimum atomic E-state index is 0.619. The number of anilines is 2. The molecule has 1 unspecified atom stereocenters. The van der Waals surface area contributed by atoms with Crippen LogP contribution in [-0.2, 0) is 0 Å². The SMILES string of the molecule is CC/C=C1\Nc2ccccc2N1C(CCC)CCCC. The molecular formula is C18H28N2. The molecule has 2 nitrogen and oxygen atoms in total. The molecule has 1 N–H and O–H groups in total. The third kappa shape index (κ3) is 3.17. The van der Waals surface area contributed by atoms with E-state index in [0.29, 0.717) is 6.04 Å². The van der Waals surface area contributed by atoms with E-state index >= 15 is 0 Å². The van der Waals surface area contributed by atoms with Gasteiger partial charge in [-0.2, -0.15) is 0 Å². The second-order valence-corrected chi connectivity index (χ2v) is 5.59. The molecule has 1 aromatic rings. The maximum absolute atomic E-state index is 3.59. The fourth-order valence-corrected chi connectivity index (χ4v) is 3.03. The lowest BCUT2D eigenvalue weighted by Gasteiger charge is -2.30. The Bertz CT molecular complexity index is 450. The molecule has 2 rings (SSSR count). The first-order valence-corrected chi connectivity index (χ1v) is 8.17. The molecule has 0 spiro atoms. The second kappa shape index (κ2) is 7.37. The summed E-state index contributed by atoms with van der Waals surface area (Å²) in [7, 11) is 0. The molecule has 20 heavy (non-hydrogen) atoms. The van der Waals surface area contributed by atoms with Crippen molar-refractivity contribution in [2.45, 2.75) is 65.3 Å². The fraction of sp³-hybridized carbons (Fsp3) is 0.556. The number of para-hydroxylation sites is 2. The van der Waals surface area contributed by atoms with E-state index in [-0.39, 0.29) is 0 Å². The quantitative estimate of drug-likeness (QED) is 0.702. The van der Waals surface area contributed by atoms with Gasteiger partial charge in [-0.25, -0.2) is 0 Å². The van der Waals surface area contributed by atoms with Gasteiger partial charge in [-0.05, 0) is 37.5 Å². The van der Waals surface area contributed by atoms with Gasteiger partial charge in [-0.1, -0.05) is 52.2 Å². The molecule has 1 heterocycles. The third-order valence-corrected chi connectivity index (χ3v) is 3.96. The monoisotopic (exact) mass is 272 g/mol. The van der Waals surface area contributed by atoms with Crippen LogP contribution in [0.15, 0.2) is 36.2 Å². The van der Waals surface area contributed by atoms with Gasteiger partial charge in [0.05, 0.1) is 11.4 Å². The molecule has 1 aromatic carbocycles. The molecule has 1 aliphatic heterocycles. The van der Waals surface area contributed by atoms with Gasteiger partial charge in [0.2, 0.25) is 0 Å². The predicted molar refractivity (Wildman–Crippen MR) is 89.1 cm³/mol. The molecule has 0 saturated heterocycles. The summed E-state index contributed by atoms with van der Waals surface area (Å²) in [5.41, 5.74) is 2.60. The average Bonchev–Trinajstić information content (AvgIpc) is 2.82. The van der Waals surface area contributed by atoms with E-state index in [1.165, 1.54) is 49.3 Å². The van der Waals surface area contributed by atoms with Crippen LogP contribution in [0, 0.1) is 0 Å². The van der Waals surface area contributed by atoms with Crippen LogP contribution >= 0.6 is 0 Å². The molecule has 0 saturated carbocycles. The molecule has 2 heteroatoms. The van der Waals surface area contributed by atoms with Gasteiger partial charge in [-0.3, -0.25) is 0 Å². The van der Waals surface area contributed by atoms with Crippen LogP contribution in [0.1, 0.15) is 59.3 Å². The summed E-state index contributed by atoms with van der Waals surface area (Å²) < 4.78 is 0. The second-order valence-electron chi connectivity index (χ2n) is 5.59. The van der Waals surface area contributed by atoms with Crippen molar-refractivity contribution in [3.05, 3.63) is 36.2 Å². The zero-order chi connectivity index (χ0) is 14.4. The largest absolute Gasteiger partial charge is 0.340 e. The zero-order valence-corrected chi connectivity index (χ0v) is 13.2. The van der Waals surface area contributed by atoms with Crippen LogP contribution in [0.3, 0.4) is 0 Å². The average molecular weight is 272 g/mol. The van der Waals surface area contributed by atoms with Gasteiger partial charge in [0.1, 0.15) is 5.82 Å². The first-order valence-electron chi connectivity index (χ1n) is 8.17. The van der Waals surface area contributed by atoms with Crippen LogP contribution in [-0.4, -0.2) is 6.04 Å². The molecule has 0 aromatic heterocycles. The van der Waals surface area contributed by atoms with Crippen molar-refractivity contribution in [3.8, 4) is 0 Å². The summed E-state index contributed by atoms with van der Waals surface area (Å²) in [6.07, 6.45) is 9.75. The lowest BCUT2D eigenvalue weighted by molar-refractivity contribution is 0.518. The molecular weight excluding hydrogens is 244 g/mol. The Balaban J connectivity index is 2.29. The number of nitrogens with one attached hydrogen (secondary N) is 1. The Morgan fingerprint density at radius 1 is 1.10 bits per heavy atom. The molecule has 0 fully saturated rings. The normalized spacial score (nSPS) is 17.1. The van der Waals surface area contributed by atoms with E-state index in [1.54, 1.807) is 0 Å². The summed E-state index contributed by atoms with van der Waals surface area (Å²) >= 11 is 0. The van der Waals surface area contributed by atoms with Gasteiger partial charge >= 0.3 is 0 Å². The number of hydrogen-bond acceptors (Lipinski definition) is 2. The van der Waals surface area contributed by atoms with Gasteiger partial charge in [0.15, 0.2) is 0 Å². The minimum Gasteiger partial charge on any atom is -0.340 e. The van der Waals surface area contributed by atoms with Gasteiger partial charge in [-0.15, -0.1) is 0 Å². The number of unbranched alkanes of at least 4 members (excludes halogenated alkanes) is 1. The Morgan fingerprint density at radius 3 is 2.60 bits per heavy atom. The van der Waals surface area contributed by atoms with E-state index in [4.69, 9.17) is 0 Å². The summed E-state index contributed by atoms with van der Waals surface area (Å²) in [5.74, 6) is 1.28. The third-order valence-electron chi connectivity index (χ3n) is 3.96. The fourth-order valence-electron chi connectivity index (χ4n) is 3.03. The van der Waals surface area contributed by atoms with E-state index in [1.807, 2.05) is 0 Å². The Morgan fingerprint density at radius 2 is 1.90 bits per heavy atom. The van der Waals surface area contributed by atoms with E-state index < -0.39 is 0 Å². The molecule has 0 bridgehead atoms. The highest BCUT2D eigenvalue weighted by molar-refractivity contribution is 5.81. The van der Waals surface area contributed by atoms with Gasteiger partial charge < -0.3 is 10.2 Å². The summed E-state index contributed by atoms with van der Waals surface area (Å²) in [6, 6.07) is 9.30. The summed E-state index contributed by atoms with van der Waals surface area (Å²) in [6.45, 7) is 6.77. The lowest BCUT2D eigenvalue weighted by Crippen LogP contribution is -2.33.